The highest BCUT2D eigenvalue weighted by atomic mass is 19.4. The zero-order valence-electron chi connectivity index (χ0n) is 14.1. The molecule has 8 nitrogen and oxygen atoms in total. The van der Waals surface area contributed by atoms with Gasteiger partial charge in [-0.2, -0.15) is 18.3 Å². The minimum atomic E-state index is -4.86. The summed E-state index contributed by atoms with van der Waals surface area (Å²) in [5, 5.41) is 3.97. The predicted molar refractivity (Wildman–Crippen MR) is 86.8 cm³/mol. The number of alkyl halides is 3. The van der Waals surface area contributed by atoms with E-state index >= 15 is 0 Å². The molecule has 0 bridgehead atoms. The van der Waals surface area contributed by atoms with Crippen molar-refractivity contribution in [1.29, 1.82) is 0 Å². The first-order valence-corrected chi connectivity index (χ1v) is 7.52. The molecule has 0 atom stereocenters. The lowest BCUT2D eigenvalue weighted by atomic mass is 10.1. The number of fused-ring (bicyclic) bond motifs is 1. The van der Waals surface area contributed by atoms with Gasteiger partial charge in [0.1, 0.15) is 5.56 Å². The maximum absolute atomic E-state index is 13.1. The van der Waals surface area contributed by atoms with Gasteiger partial charge in [0.2, 0.25) is 12.7 Å². The highest BCUT2D eigenvalue weighted by Gasteiger charge is 2.38. The van der Waals surface area contributed by atoms with Crippen molar-refractivity contribution in [3.05, 3.63) is 41.2 Å². The SMILES string of the molecule is COC(=O)c1cnc(NN=C(C)c2ccc3c(c2)OCO3)nc1C(F)(F)F. The number of nitrogens with zero attached hydrogens (tertiary/aromatic N) is 3. The van der Waals surface area contributed by atoms with Gasteiger partial charge in [-0.05, 0) is 25.1 Å². The molecular weight excluding hydrogens is 369 g/mol. The van der Waals surface area contributed by atoms with E-state index in [1.54, 1.807) is 25.1 Å². The van der Waals surface area contributed by atoms with E-state index in [4.69, 9.17) is 9.47 Å². The first kappa shape index (κ1) is 18.4. The highest BCUT2D eigenvalue weighted by molar-refractivity contribution is 5.99. The molecule has 0 aliphatic carbocycles. The van der Waals surface area contributed by atoms with E-state index in [1.165, 1.54) is 0 Å². The van der Waals surface area contributed by atoms with Crippen LogP contribution in [0.4, 0.5) is 19.1 Å². The summed E-state index contributed by atoms with van der Waals surface area (Å²) in [6.45, 7) is 1.76. The Kier molecular flexibility index (Phi) is 4.84. The fourth-order valence-corrected chi connectivity index (χ4v) is 2.23. The number of hydrazone groups is 1. The Balaban J connectivity index is 1.85. The lowest BCUT2D eigenvalue weighted by Crippen LogP contribution is -2.18. The molecule has 0 saturated heterocycles. The van der Waals surface area contributed by atoms with Crippen LogP contribution in [0, 0.1) is 0 Å². The van der Waals surface area contributed by atoms with Crippen molar-refractivity contribution in [2.45, 2.75) is 13.1 Å². The smallest absolute Gasteiger partial charge is 0.434 e. The molecule has 11 heteroatoms. The normalized spacial score (nSPS) is 13.4. The number of carbonyl (C=O) groups excluding carboxylic acids is 1. The van der Waals surface area contributed by atoms with Crippen LogP contribution in [-0.2, 0) is 10.9 Å². The summed E-state index contributed by atoms with van der Waals surface area (Å²) in [7, 11) is 0.966. The van der Waals surface area contributed by atoms with Crippen LogP contribution in [0.2, 0.25) is 0 Å². The number of ether oxygens (including phenoxy) is 3. The monoisotopic (exact) mass is 382 g/mol. The van der Waals surface area contributed by atoms with Gasteiger partial charge in [-0.1, -0.05) is 0 Å². The molecule has 0 unspecified atom stereocenters. The summed E-state index contributed by atoms with van der Waals surface area (Å²) in [5.41, 5.74) is 1.26. The number of hydrogen-bond acceptors (Lipinski definition) is 8. The van der Waals surface area contributed by atoms with Crippen molar-refractivity contribution >= 4 is 17.6 Å². The minimum absolute atomic E-state index is 0.119. The molecule has 142 valence electrons. The molecular formula is C16H13F3N4O4. The zero-order chi connectivity index (χ0) is 19.6. The molecule has 2 heterocycles. The number of hydrogen-bond donors (Lipinski definition) is 1. The number of aromatic nitrogens is 2. The molecule has 0 saturated carbocycles. The third-order valence-electron chi connectivity index (χ3n) is 3.58. The molecule has 1 aromatic carbocycles. The van der Waals surface area contributed by atoms with E-state index in [1.807, 2.05) is 0 Å². The average molecular weight is 382 g/mol. The van der Waals surface area contributed by atoms with Gasteiger partial charge in [-0.25, -0.2) is 20.2 Å². The number of halogens is 3. The van der Waals surface area contributed by atoms with Crippen LogP contribution in [0.5, 0.6) is 11.5 Å². The molecule has 0 amide bonds. The van der Waals surface area contributed by atoms with E-state index in [9.17, 15) is 18.0 Å². The van der Waals surface area contributed by atoms with Crippen LogP contribution in [0.25, 0.3) is 0 Å². The highest BCUT2D eigenvalue weighted by Crippen LogP contribution is 2.33. The van der Waals surface area contributed by atoms with Crippen molar-refractivity contribution in [3.8, 4) is 11.5 Å². The summed E-state index contributed by atoms with van der Waals surface area (Å²) in [5.74, 6) is -0.472. The number of anilines is 1. The molecule has 2 aromatic rings. The molecule has 1 aliphatic heterocycles. The van der Waals surface area contributed by atoms with Crippen molar-refractivity contribution < 1.29 is 32.2 Å². The number of nitrogens with one attached hydrogen (secondary N) is 1. The molecule has 1 aromatic heterocycles. The Bertz CT molecular complexity index is 915. The van der Waals surface area contributed by atoms with Crippen molar-refractivity contribution in [2.75, 3.05) is 19.3 Å². The van der Waals surface area contributed by atoms with Gasteiger partial charge in [0, 0.05) is 11.8 Å². The number of benzene rings is 1. The molecule has 0 radical (unpaired) electrons. The zero-order valence-corrected chi connectivity index (χ0v) is 14.1. The number of rotatable bonds is 4. The molecule has 3 rings (SSSR count). The topological polar surface area (TPSA) is 94.9 Å². The second-order valence-electron chi connectivity index (χ2n) is 5.32. The summed E-state index contributed by atoms with van der Waals surface area (Å²) in [6, 6.07) is 5.10. The quantitative estimate of drug-likeness (QED) is 0.494. The van der Waals surface area contributed by atoms with Crippen LogP contribution in [0.1, 0.15) is 28.5 Å². The molecule has 0 spiro atoms. The van der Waals surface area contributed by atoms with Gasteiger partial charge < -0.3 is 14.2 Å². The molecule has 1 N–H and O–H groups in total. The Morgan fingerprint density at radius 2 is 2.04 bits per heavy atom. The third kappa shape index (κ3) is 3.91. The minimum Gasteiger partial charge on any atom is -0.465 e. The maximum Gasteiger partial charge on any atom is 0.434 e. The van der Waals surface area contributed by atoms with E-state index < -0.39 is 29.4 Å². The fourth-order valence-electron chi connectivity index (χ4n) is 2.23. The lowest BCUT2D eigenvalue weighted by molar-refractivity contribution is -0.141. The Morgan fingerprint density at radius 1 is 1.30 bits per heavy atom. The van der Waals surface area contributed by atoms with Crippen molar-refractivity contribution in [1.82, 2.24) is 9.97 Å². The lowest BCUT2D eigenvalue weighted by Gasteiger charge is -2.11. The van der Waals surface area contributed by atoms with Gasteiger partial charge in [-0.3, -0.25) is 0 Å². The molecule has 1 aliphatic rings. The summed E-state index contributed by atoms with van der Waals surface area (Å²) in [4.78, 5) is 18.5. The maximum atomic E-state index is 13.1. The van der Waals surface area contributed by atoms with Crippen LogP contribution in [0.3, 0.4) is 0 Å². The van der Waals surface area contributed by atoms with Crippen molar-refractivity contribution in [3.63, 3.8) is 0 Å². The summed E-state index contributed by atoms with van der Waals surface area (Å²) < 4.78 is 54.2. The van der Waals surface area contributed by atoms with Crippen LogP contribution >= 0.6 is 0 Å². The van der Waals surface area contributed by atoms with Gasteiger partial charge in [-0.15, -0.1) is 0 Å². The van der Waals surface area contributed by atoms with Gasteiger partial charge in [0.25, 0.3) is 0 Å². The van der Waals surface area contributed by atoms with Gasteiger partial charge >= 0.3 is 12.1 Å². The average Bonchev–Trinajstić information content (AvgIpc) is 3.12. The Hall–Kier alpha value is -3.37. The number of carbonyl (C=O) groups is 1. The number of esters is 1. The van der Waals surface area contributed by atoms with E-state index in [-0.39, 0.29) is 6.79 Å². The molecule has 0 fully saturated rings. The Labute approximate surface area is 151 Å². The predicted octanol–water partition coefficient (Wildman–Crippen LogP) is 2.85. The second kappa shape index (κ2) is 7.09. The number of methoxy groups -OCH3 is 1. The first-order valence-electron chi connectivity index (χ1n) is 7.52. The largest absolute Gasteiger partial charge is 0.465 e. The van der Waals surface area contributed by atoms with Crippen LogP contribution in [0.15, 0.2) is 29.5 Å². The molecule has 27 heavy (non-hydrogen) atoms. The van der Waals surface area contributed by atoms with E-state index in [0.717, 1.165) is 13.3 Å². The first-order chi connectivity index (χ1) is 12.8. The summed E-state index contributed by atoms with van der Waals surface area (Å²) >= 11 is 0. The fraction of sp³-hybridized carbons (Fsp3) is 0.250. The van der Waals surface area contributed by atoms with Crippen LogP contribution < -0.4 is 14.9 Å². The van der Waals surface area contributed by atoms with Crippen molar-refractivity contribution in [2.24, 2.45) is 5.10 Å². The van der Waals surface area contributed by atoms with Crippen LogP contribution in [-0.4, -0.2) is 35.6 Å². The van der Waals surface area contributed by atoms with E-state index in [0.29, 0.717) is 22.8 Å². The Morgan fingerprint density at radius 3 is 2.74 bits per heavy atom. The summed E-state index contributed by atoms with van der Waals surface area (Å²) in [6.07, 6.45) is -4.13. The second-order valence-corrected chi connectivity index (χ2v) is 5.32. The van der Waals surface area contributed by atoms with E-state index in [2.05, 4.69) is 25.2 Å². The third-order valence-corrected chi connectivity index (χ3v) is 3.58. The van der Waals surface area contributed by atoms with Gasteiger partial charge in [0.05, 0.1) is 12.8 Å². The standard InChI is InChI=1S/C16H13F3N4O4/c1-8(9-3-4-11-12(5-9)27-7-26-11)22-23-15-20-6-10(14(24)25-2)13(21-15)16(17,18)19/h3-6H,7H2,1-2H3,(H,20,21,23). The van der Waals surface area contributed by atoms with Gasteiger partial charge in [0.15, 0.2) is 17.2 Å².